The molecule has 0 saturated heterocycles. The van der Waals surface area contributed by atoms with Crippen molar-refractivity contribution in [1.82, 2.24) is 4.90 Å². The van der Waals surface area contributed by atoms with Gasteiger partial charge in [0.05, 0.1) is 5.75 Å². The molecule has 0 bridgehead atoms. The van der Waals surface area contributed by atoms with Crippen LogP contribution in [-0.4, -0.2) is 43.3 Å². The van der Waals surface area contributed by atoms with Crippen LogP contribution in [0, 0.1) is 0 Å². The Morgan fingerprint density at radius 3 is 2.70 bits per heavy atom. The van der Waals surface area contributed by atoms with Gasteiger partial charge in [0.25, 0.3) is 0 Å². The van der Waals surface area contributed by atoms with Crippen molar-refractivity contribution in [2.75, 3.05) is 12.0 Å². The van der Waals surface area contributed by atoms with Crippen LogP contribution in [0.3, 0.4) is 0 Å². The van der Waals surface area contributed by atoms with Gasteiger partial charge in [-0.1, -0.05) is 0 Å². The number of carbonyl (C=O) groups is 1. The van der Waals surface area contributed by atoms with Crippen molar-refractivity contribution in [3.63, 3.8) is 0 Å². The predicted octanol–water partition coefficient (Wildman–Crippen LogP) is 2.10. The van der Waals surface area contributed by atoms with E-state index in [0.717, 1.165) is 19.3 Å². The molecule has 4 nitrogen and oxygen atoms in total. The molecule has 0 unspecified atom stereocenters. The summed E-state index contributed by atoms with van der Waals surface area (Å²) in [5.41, 5.74) is 1.18. The van der Waals surface area contributed by atoms with Gasteiger partial charge in [0, 0.05) is 24.8 Å². The summed E-state index contributed by atoms with van der Waals surface area (Å²) in [6.45, 7) is 1.84. The van der Waals surface area contributed by atoms with Gasteiger partial charge in [-0.2, -0.15) is 11.3 Å². The number of rotatable bonds is 7. The lowest BCUT2D eigenvalue weighted by atomic mass is 10.1. The van der Waals surface area contributed by atoms with Crippen molar-refractivity contribution in [1.29, 1.82) is 0 Å². The number of thiophene rings is 1. The summed E-state index contributed by atoms with van der Waals surface area (Å²) in [6.07, 6.45) is 4.42. The second-order valence-electron chi connectivity index (χ2n) is 5.61. The minimum absolute atomic E-state index is 0.0493. The van der Waals surface area contributed by atoms with E-state index in [0.29, 0.717) is 6.42 Å². The first-order chi connectivity index (χ1) is 9.37. The van der Waals surface area contributed by atoms with Gasteiger partial charge < -0.3 is 4.90 Å². The largest absolute Gasteiger partial charge is 0.336 e. The fourth-order valence-electron chi connectivity index (χ4n) is 2.50. The Morgan fingerprint density at radius 2 is 2.20 bits per heavy atom. The van der Waals surface area contributed by atoms with Crippen LogP contribution in [0.25, 0.3) is 0 Å². The smallest absolute Gasteiger partial charge is 0.223 e. The van der Waals surface area contributed by atoms with Crippen LogP contribution in [0.1, 0.15) is 31.7 Å². The quantitative estimate of drug-likeness (QED) is 0.774. The molecule has 6 heteroatoms. The van der Waals surface area contributed by atoms with Crippen LogP contribution in [0.2, 0.25) is 0 Å². The van der Waals surface area contributed by atoms with E-state index in [4.69, 9.17) is 0 Å². The van der Waals surface area contributed by atoms with Crippen LogP contribution in [0.5, 0.6) is 0 Å². The number of sulfone groups is 1. The summed E-state index contributed by atoms with van der Waals surface area (Å²) in [5, 5.41) is 4.05. The zero-order valence-corrected chi connectivity index (χ0v) is 13.5. The summed E-state index contributed by atoms with van der Waals surface area (Å²) in [5.74, 6) is 0.128. The van der Waals surface area contributed by atoms with Gasteiger partial charge in [-0.15, -0.1) is 0 Å². The third kappa shape index (κ3) is 4.59. The number of hydrogen-bond donors (Lipinski definition) is 0. The molecule has 0 spiro atoms. The highest BCUT2D eigenvalue weighted by Gasteiger charge is 2.36. The average molecular weight is 315 g/mol. The molecule has 0 aromatic carbocycles. The molecule has 1 saturated carbocycles. The van der Waals surface area contributed by atoms with E-state index < -0.39 is 9.84 Å². The molecule has 0 aliphatic heterocycles. The molecule has 1 amide bonds. The molecule has 1 atom stereocenters. The van der Waals surface area contributed by atoms with Crippen molar-refractivity contribution in [2.45, 2.75) is 44.7 Å². The summed E-state index contributed by atoms with van der Waals surface area (Å²) in [7, 11) is -3.06. The van der Waals surface area contributed by atoms with Gasteiger partial charge in [0.15, 0.2) is 0 Å². The number of hydrogen-bond acceptors (Lipinski definition) is 4. The molecular formula is C14H21NO3S2. The lowest BCUT2D eigenvalue weighted by molar-refractivity contribution is -0.133. The van der Waals surface area contributed by atoms with Crippen LogP contribution in [0.4, 0.5) is 0 Å². The maximum Gasteiger partial charge on any atom is 0.223 e. The highest BCUT2D eigenvalue weighted by atomic mass is 32.2. The molecule has 1 aromatic rings. The Hall–Kier alpha value is -0.880. The Morgan fingerprint density at radius 1 is 1.50 bits per heavy atom. The van der Waals surface area contributed by atoms with Crippen LogP contribution in [0.15, 0.2) is 16.8 Å². The van der Waals surface area contributed by atoms with E-state index in [1.54, 1.807) is 16.2 Å². The molecule has 2 rings (SSSR count). The SMILES string of the molecule is C[C@@H](CS(C)(=O)=O)N(C(=O)CCc1ccsc1)C1CC1. The molecule has 0 radical (unpaired) electrons. The summed E-state index contributed by atoms with van der Waals surface area (Å²) in [6, 6.07) is 2.05. The lowest BCUT2D eigenvalue weighted by Crippen LogP contribution is -2.43. The predicted molar refractivity (Wildman–Crippen MR) is 81.7 cm³/mol. The molecule has 1 fully saturated rings. The van der Waals surface area contributed by atoms with E-state index >= 15 is 0 Å². The number of carbonyl (C=O) groups excluding carboxylic acids is 1. The third-order valence-corrected chi connectivity index (χ3v) is 5.27. The van der Waals surface area contributed by atoms with E-state index in [9.17, 15) is 13.2 Å². The molecule has 0 N–H and O–H groups in total. The van der Waals surface area contributed by atoms with Crippen molar-refractivity contribution >= 4 is 27.1 Å². The van der Waals surface area contributed by atoms with Crippen molar-refractivity contribution < 1.29 is 13.2 Å². The standard InChI is InChI=1S/C14H21NO3S2/c1-11(10-20(2,17)18)15(13-4-5-13)14(16)6-3-12-7-8-19-9-12/h7-9,11,13H,3-6,10H2,1-2H3/t11-/m0/s1. The molecule has 1 aromatic heterocycles. The first kappa shape index (κ1) is 15.5. The summed E-state index contributed by atoms with van der Waals surface area (Å²) >= 11 is 1.63. The molecule has 1 heterocycles. The Labute approximate surface area is 124 Å². The summed E-state index contributed by atoms with van der Waals surface area (Å²) < 4.78 is 22.8. The third-order valence-electron chi connectivity index (χ3n) is 3.45. The maximum atomic E-state index is 12.4. The Kier molecular flexibility index (Phi) is 4.86. The minimum Gasteiger partial charge on any atom is -0.336 e. The van der Waals surface area contributed by atoms with Crippen molar-refractivity contribution in [2.24, 2.45) is 0 Å². The maximum absolute atomic E-state index is 12.4. The van der Waals surface area contributed by atoms with Crippen LogP contribution in [-0.2, 0) is 21.1 Å². The number of amides is 1. The lowest BCUT2D eigenvalue weighted by Gasteiger charge is -2.29. The molecule has 1 aliphatic carbocycles. The molecule has 1 aliphatic rings. The van der Waals surface area contributed by atoms with Gasteiger partial charge in [-0.25, -0.2) is 8.42 Å². The summed E-state index contributed by atoms with van der Waals surface area (Å²) in [4.78, 5) is 14.2. The fraction of sp³-hybridized carbons (Fsp3) is 0.643. The minimum atomic E-state index is -3.06. The Bertz CT molecular complexity index is 547. The highest BCUT2D eigenvalue weighted by molar-refractivity contribution is 7.90. The van der Waals surface area contributed by atoms with Gasteiger partial charge in [-0.3, -0.25) is 4.79 Å². The van der Waals surface area contributed by atoms with Gasteiger partial charge in [0.1, 0.15) is 9.84 Å². The fourth-order valence-corrected chi connectivity index (χ4v) is 4.24. The zero-order chi connectivity index (χ0) is 14.8. The average Bonchev–Trinajstić information content (AvgIpc) is 3.00. The topological polar surface area (TPSA) is 54.5 Å². The Balaban J connectivity index is 1.95. The second kappa shape index (κ2) is 6.26. The first-order valence-corrected chi connectivity index (χ1v) is 9.87. The highest BCUT2D eigenvalue weighted by Crippen LogP contribution is 2.30. The van der Waals surface area contributed by atoms with Crippen LogP contribution < -0.4 is 0 Å². The van der Waals surface area contributed by atoms with Crippen LogP contribution >= 0.6 is 11.3 Å². The van der Waals surface area contributed by atoms with Gasteiger partial charge in [-0.05, 0) is 48.6 Å². The van der Waals surface area contributed by atoms with Gasteiger partial charge in [0.2, 0.25) is 5.91 Å². The van der Waals surface area contributed by atoms with Crippen molar-refractivity contribution in [3.05, 3.63) is 22.4 Å². The van der Waals surface area contributed by atoms with Crippen molar-refractivity contribution in [3.8, 4) is 0 Å². The van der Waals surface area contributed by atoms with E-state index in [1.165, 1.54) is 11.8 Å². The van der Waals surface area contributed by atoms with E-state index in [1.807, 2.05) is 18.4 Å². The van der Waals surface area contributed by atoms with E-state index in [-0.39, 0.29) is 23.7 Å². The van der Waals surface area contributed by atoms with Gasteiger partial charge >= 0.3 is 0 Å². The van der Waals surface area contributed by atoms with E-state index in [2.05, 4.69) is 5.38 Å². The number of aryl methyl sites for hydroxylation is 1. The molecule has 20 heavy (non-hydrogen) atoms. The normalized spacial score (nSPS) is 16.9. The second-order valence-corrected chi connectivity index (χ2v) is 8.57. The first-order valence-electron chi connectivity index (χ1n) is 6.87. The molecular weight excluding hydrogens is 294 g/mol. The number of nitrogens with zero attached hydrogens (tertiary/aromatic N) is 1. The zero-order valence-electron chi connectivity index (χ0n) is 11.9. The molecule has 112 valence electrons. The monoisotopic (exact) mass is 315 g/mol.